The zero-order valence-electron chi connectivity index (χ0n) is 11.9. The van der Waals surface area contributed by atoms with Crippen molar-refractivity contribution in [2.45, 2.75) is 51.7 Å². The molecule has 0 aromatic rings. The number of rotatable bonds is 5. The number of urea groups is 1. The van der Waals surface area contributed by atoms with E-state index in [4.69, 9.17) is 5.11 Å². The average Bonchev–Trinajstić information content (AvgIpc) is 2.70. The number of likely N-dealkylation sites (tertiary alicyclic amines) is 1. The van der Waals surface area contributed by atoms with Crippen molar-refractivity contribution < 1.29 is 19.8 Å². The summed E-state index contributed by atoms with van der Waals surface area (Å²) in [5, 5.41) is 18.7. The fraction of sp³-hybridized carbons (Fsp3) is 0.846. The van der Waals surface area contributed by atoms with Crippen LogP contribution < -0.4 is 0 Å². The lowest BCUT2D eigenvalue weighted by atomic mass is 10.1. The van der Waals surface area contributed by atoms with Gasteiger partial charge in [0.25, 0.3) is 0 Å². The van der Waals surface area contributed by atoms with E-state index in [9.17, 15) is 14.7 Å². The van der Waals surface area contributed by atoms with Crippen molar-refractivity contribution in [1.29, 1.82) is 0 Å². The van der Waals surface area contributed by atoms with Gasteiger partial charge in [-0.15, -0.1) is 0 Å². The standard InChI is InChI=1S/C13H24N2O4/c1-4-14(9-13(2,3)19)12(18)15-7-5-6-10(15)8-11(16)17/h10,19H,4-9H2,1-3H3,(H,16,17). The fourth-order valence-electron chi connectivity index (χ4n) is 2.46. The summed E-state index contributed by atoms with van der Waals surface area (Å²) in [6.07, 6.45) is 1.56. The molecule has 0 bridgehead atoms. The van der Waals surface area contributed by atoms with Crippen molar-refractivity contribution >= 4 is 12.0 Å². The molecule has 110 valence electrons. The summed E-state index contributed by atoms with van der Waals surface area (Å²) in [6.45, 7) is 6.51. The predicted molar refractivity (Wildman–Crippen MR) is 70.9 cm³/mol. The van der Waals surface area contributed by atoms with Crippen LogP contribution in [0.2, 0.25) is 0 Å². The lowest BCUT2D eigenvalue weighted by Gasteiger charge is -2.34. The van der Waals surface area contributed by atoms with Crippen LogP contribution in [0.3, 0.4) is 0 Å². The van der Waals surface area contributed by atoms with Crippen molar-refractivity contribution in [3.8, 4) is 0 Å². The van der Waals surface area contributed by atoms with Crippen LogP contribution in [0.4, 0.5) is 4.79 Å². The van der Waals surface area contributed by atoms with Crippen LogP contribution in [0.25, 0.3) is 0 Å². The first-order valence-corrected chi connectivity index (χ1v) is 6.74. The molecule has 0 aliphatic carbocycles. The maximum absolute atomic E-state index is 12.4. The molecule has 1 fully saturated rings. The molecular formula is C13H24N2O4. The fourth-order valence-corrected chi connectivity index (χ4v) is 2.46. The van der Waals surface area contributed by atoms with Gasteiger partial charge in [0.15, 0.2) is 0 Å². The Balaban J connectivity index is 2.70. The molecule has 6 heteroatoms. The Bertz CT molecular complexity index is 338. The summed E-state index contributed by atoms with van der Waals surface area (Å²) in [4.78, 5) is 26.4. The summed E-state index contributed by atoms with van der Waals surface area (Å²) >= 11 is 0. The first-order chi connectivity index (χ1) is 8.74. The van der Waals surface area contributed by atoms with Gasteiger partial charge in [-0.2, -0.15) is 0 Å². The summed E-state index contributed by atoms with van der Waals surface area (Å²) < 4.78 is 0. The molecule has 19 heavy (non-hydrogen) atoms. The molecule has 1 heterocycles. The van der Waals surface area contributed by atoms with Crippen LogP contribution in [-0.4, -0.2) is 63.3 Å². The predicted octanol–water partition coefficient (Wildman–Crippen LogP) is 1.14. The van der Waals surface area contributed by atoms with E-state index >= 15 is 0 Å². The Morgan fingerprint density at radius 3 is 2.53 bits per heavy atom. The lowest BCUT2D eigenvalue weighted by molar-refractivity contribution is -0.138. The van der Waals surface area contributed by atoms with Crippen LogP contribution in [0.5, 0.6) is 0 Å². The maximum atomic E-state index is 12.4. The monoisotopic (exact) mass is 272 g/mol. The molecular weight excluding hydrogens is 248 g/mol. The van der Waals surface area contributed by atoms with Gasteiger partial charge < -0.3 is 20.0 Å². The highest BCUT2D eigenvalue weighted by molar-refractivity contribution is 5.76. The average molecular weight is 272 g/mol. The van der Waals surface area contributed by atoms with Crippen molar-refractivity contribution in [3.63, 3.8) is 0 Å². The van der Waals surface area contributed by atoms with E-state index in [1.54, 1.807) is 23.6 Å². The molecule has 0 spiro atoms. The van der Waals surface area contributed by atoms with Crippen LogP contribution in [0.1, 0.15) is 40.0 Å². The molecule has 0 radical (unpaired) electrons. The number of aliphatic carboxylic acids is 1. The maximum Gasteiger partial charge on any atom is 0.320 e. The van der Waals surface area contributed by atoms with Crippen molar-refractivity contribution in [1.82, 2.24) is 9.80 Å². The Morgan fingerprint density at radius 1 is 1.42 bits per heavy atom. The number of nitrogens with zero attached hydrogens (tertiary/aromatic N) is 2. The van der Waals surface area contributed by atoms with Gasteiger partial charge in [-0.05, 0) is 33.6 Å². The quantitative estimate of drug-likeness (QED) is 0.786. The second-order valence-corrected chi connectivity index (χ2v) is 5.70. The molecule has 1 saturated heterocycles. The van der Waals surface area contributed by atoms with E-state index in [1.807, 2.05) is 6.92 Å². The molecule has 2 amide bonds. The van der Waals surface area contributed by atoms with Crippen molar-refractivity contribution in [2.75, 3.05) is 19.6 Å². The van der Waals surface area contributed by atoms with Gasteiger partial charge in [0.05, 0.1) is 18.6 Å². The number of likely N-dealkylation sites (N-methyl/N-ethyl adjacent to an activating group) is 1. The van der Waals surface area contributed by atoms with Crippen LogP contribution in [0.15, 0.2) is 0 Å². The molecule has 1 rings (SSSR count). The second kappa shape index (κ2) is 6.23. The van der Waals surface area contributed by atoms with E-state index in [0.29, 0.717) is 13.1 Å². The molecule has 1 atom stereocenters. The normalized spacial score (nSPS) is 19.6. The van der Waals surface area contributed by atoms with Gasteiger partial charge in [-0.25, -0.2) is 4.79 Å². The Hall–Kier alpha value is -1.30. The van der Waals surface area contributed by atoms with Crippen LogP contribution in [0, 0.1) is 0 Å². The number of hydrogen-bond donors (Lipinski definition) is 2. The molecule has 1 aliphatic rings. The first kappa shape index (κ1) is 15.8. The van der Waals surface area contributed by atoms with E-state index in [0.717, 1.165) is 12.8 Å². The van der Waals surface area contributed by atoms with Crippen LogP contribution in [-0.2, 0) is 4.79 Å². The Kier molecular flexibility index (Phi) is 5.17. The topological polar surface area (TPSA) is 81.1 Å². The van der Waals surface area contributed by atoms with Gasteiger partial charge in [0.2, 0.25) is 0 Å². The minimum atomic E-state index is -0.951. The van der Waals surface area contributed by atoms with E-state index in [-0.39, 0.29) is 25.0 Å². The minimum Gasteiger partial charge on any atom is -0.481 e. The Labute approximate surface area is 114 Å². The summed E-state index contributed by atoms with van der Waals surface area (Å²) in [6, 6.07) is -0.394. The van der Waals surface area contributed by atoms with E-state index in [2.05, 4.69) is 0 Å². The number of hydrogen-bond acceptors (Lipinski definition) is 3. The number of aliphatic hydroxyl groups is 1. The number of amides is 2. The van der Waals surface area contributed by atoms with Gasteiger partial charge >= 0.3 is 12.0 Å². The van der Waals surface area contributed by atoms with E-state index in [1.165, 1.54) is 0 Å². The minimum absolute atomic E-state index is 0.00812. The van der Waals surface area contributed by atoms with E-state index < -0.39 is 11.6 Å². The molecule has 0 saturated carbocycles. The second-order valence-electron chi connectivity index (χ2n) is 5.70. The van der Waals surface area contributed by atoms with Gasteiger partial charge in [-0.3, -0.25) is 4.79 Å². The summed E-state index contributed by atoms with van der Waals surface area (Å²) in [7, 11) is 0. The van der Waals surface area contributed by atoms with Gasteiger partial charge in [0, 0.05) is 19.1 Å². The molecule has 2 N–H and O–H groups in total. The van der Waals surface area contributed by atoms with Gasteiger partial charge in [-0.1, -0.05) is 0 Å². The summed E-state index contributed by atoms with van der Waals surface area (Å²) in [5.41, 5.74) is -0.951. The van der Waals surface area contributed by atoms with Crippen molar-refractivity contribution in [2.24, 2.45) is 0 Å². The number of carbonyl (C=O) groups excluding carboxylic acids is 1. The Morgan fingerprint density at radius 2 is 2.05 bits per heavy atom. The summed E-state index contributed by atoms with van der Waals surface area (Å²) in [5.74, 6) is -0.879. The third kappa shape index (κ3) is 4.70. The highest BCUT2D eigenvalue weighted by atomic mass is 16.4. The highest BCUT2D eigenvalue weighted by Gasteiger charge is 2.33. The van der Waals surface area contributed by atoms with Crippen molar-refractivity contribution in [3.05, 3.63) is 0 Å². The third-order valence-electron chi connectivity index (χ3n) is 3.26. The number of carbonyl (C=O) groups is 2. The lowest BCUT2D eigenvalue weighted by Crippen LogP contribution is -2.50. The largest absolute Gasteiger partial charge is 0.481 e. The molecule has 6 nitrogen and oxygen atoms in total. The molecule has 0 aromatic carbocycles. The van der Waals surface area contributed by atoms with Gasteiger partial charge in [0.1, 0.15) is 0 Å². The highest BCUT2D eigenvalue weighted by Crippen LogP contribution is 2.22. The first-order valence-electron chi connectivity index (χ1n) is 6.74. The molecule has 1 unspecified atom stereocenters. The zero-order valence-corrected chi connectivity index (χ0v) is 11.9. The number of carboxylic acid groups (broad SMARTS) is 1. The smallest absolute Gasteiger partial charge is 0.320 e. The third-order valence-corrected chi connectivity index (χ3v) is 3.26. The number of carboxylic acids is 1. The molecule has 1 aliphatic heterocycles. The SMILES string of the molecule is CCN(CC(C)(C)O)C(=O)N1CCCC1CC(=O)O. The molecule has 0 aromatic heterocycles. The van der Waals surface area contributed by atoms with Crippen LogP contribution >= 0.6 is 0 Å². The zero-order chi connectivity index (χ0) is 14.6.